The van der Waals surface area contributed by atoms with Crippen LogP contribution in [0.3, 0.4) is 0 Å². The van der Waals surface area contributed by atoms with Gasteiger partial charge >= 0.3 is 0 Å². The first kappa shape index (κ1) is 27.0. The van der Waals surface area contributed by atoms with Gasteiger partial charge in [-0.15, -0.1) is 11.3 Å². The molecule has 6 rings (SSSR count). The Hall–Kier alpha value is -3.18. The molecule has 0 atom stereocenters. The summed E-state index contributed by atoms with van der Waals surface area (Å²) in [5.41, 5.74) is 10.2. The number of thiazole rings is 1. The first-order valence-electron chi connectivity index (χ1n) is 14.4. The van der Waals surface area contributed by atoms with Crippen molar-refractivity contribution in [2.75, 3.05) is 31.9 Å². The minimum absolute atomic E-state index is 0.0811. The minimum atomic E-state index is -0.316. The molecule has 0 spiro atoms. The Labute approximate surface area is 239 Å². The van der Waals surface area contributed by atoms with E-state index in [1.54, 1.807) is 10.9 Å². The van der Waals surface area contributed by atoms with Gasteiger partial charge in [0.1, 0.15) is 10.7 Å². The molecule has 2 saturated heterocycles. The third-order valence-corrected chi connectivity index (χ3v) is 9.59. The Morgan fingerprint density at radius 1 is 1.07 bits per heavy atom. The van der Waals surface area contributed by atoms with E-state index in [-0.39, 0.29) is 35.9 Å². The Balaban J connectivity index is 1.11. The van der Waals surface area contributed by atoms with Crippen molar-refractivity contribution in [3.05, 3.63) is 39.1 Å². The Morgan fingerprint density at radius 2 is 1.82 bits per heavy atom. The number of aromatic nitrogens is 5. The molecular formula is C29H38N8O2S. The molecule has 3 aliphatic rings. The molecule has 3 aromatic heterocycles. The Bertz CT molecular complexity index is 1430. The van der Waals surface area contributed by atoms with E-state index in [0.29, 0.717) is 23.2 Å². The number of carbonyl (C=O) groups is 2. The van der Waals surface area contributed by atoms with Crippen LogP contribution in [0.4, 0.5) is 5.95 Å². The lowest BCUT2D eigenvalue weighted by Gasteiger charge is -2.40. The Kier molecular flexibility index (Phi) is 7.20. The highest BCUT2D eigenvalue weighted by Gasteiger charge is 2.39. The molecular weight excluding hydrogens is 524 g/mol. The number of anilines is 1. The molecule has 1 aliphatic carbocycles. The summed E-state index contributed by atoms with van der Waals surface area (Å²) in [6, 6.07) is 0.613. The van der Waals surface area contributed by atoms with Crippen LogP contribution in [-0.4, -0.2) is 78.4 Å². The second kappa shape index (κ2) is 10.7. The highest BCUT2D eigenvalue weighted by Crippen LogP contribution is 2.44. The highest BCUT2D eigenvalue weighted by atomic mass is 32.1. The molecule has 2 aliphatic heterocycles. The standard InChI is InChI=1S/C29H38N8O2S/c1-29(2)15-18-16-31-28(30)33-25(18)27-24(29)26(34-35(27)3)21(38)14-22-32-19(17-40-22)13-23(39)37-11-7-20(8-12-37)36-9-5-4-6-10-36/h16-17,20H,4-15H2,1-3H3,(H2,30,31,33). The largest absolute Gasteiger partial charge is 0.368 e. The normalized spacial score (nSPS) is 19.3. The van der Waals surface area contributed by atoms with Crippen LogP contribution in [0.1, 0.15) is 78.3 Å². The van der Waals surface area contributed by atoms with E-state index in [1.165, 1.54) is 43.7 Å². The lowest BCUT2D eigenvalue weighted by atomic mass is 9.72. The molecule has 1 amide bonds. The molecule has 5 heterocycles. The van der Waals surface area contributed by atoms with Gasteiger partial charge in [-0.2, -0.15) is 5.10 Å². The van der Waals surface area contributed by atoms with Crippen LogP contribution in [0.5, 0.6) is 0 Å². The van der Waals surface area contributed by atoms with E-state index in [1.807, 2.05) is 17.3 Å². The number of nitrogen functional groups attached to an aromatic ring is 1. The van der Waals surface area contributed by atoms with E-state index in [9.17, 15) is 9.59 Å². The molecule has 212 valence electrons. The number of Topliss-reactive ketones (excluding diaryl/α,β-unsaturated/α-hetero) is 1. The molecule has 0 saturated carbocycles. The zero-order chi connectivity index (χ0) is 28.0. The lowest BCUT2D eigenvalue weighted by molar-refractivity contribution is -0.132. The molecule has 0 aromatic carbocycles. The van der Waals surface area contributed by atoms with Gasteiger partial charge in [0.25, 0.3) is 0 Å². The summed E-state index contributed by atoms with van der Waals surface area (Å²) in [7, 11) is 1.83. The third kappa shape index (κ3) is 5.16. The SMILES string of the molecule is Cn1nc(C(=O)Cc2nc(CC(=O)N3CCC(N4CCCCC4)CC3)cs2)c2c1-c1nc(N)ncc1CC2(C)C. The quantitative estimate of drug-likeness (QED) is 0.455. The number of ketones is 1. The van der Waals surface area contributed by atoms with Crippen LogP contribution in [-0.2, 0) is 36.5 Å². The number of nitrogens with zero attached hydrogens (tertiary/aromatic N) is 7. The van der Waals surface area contributed by atoms with Crippen LogP contribution in [0.2, 0.25) is 0 Å². The zero-order valence-electron chi connectivity index (χ0n) is 23.6. The first-order chi connectivity index (χ1) is 19.2. The number of aryl methyl sites for hydroxylation is 1. The van der Waals surface area contributed by atoms with Crippen LogP contribution >= 0.6 is 11.3 Å². The van der Waals surface area contributed by atoms with Gasteiger partial charge in [0.2, 0.25) is 11.9 Å². The lowest BCUT2D eigenvalue weighted by Crippen LogP contribution is -2.48. The summed E-state index contributed by atoms with van der Waals surface area (Å²) in [5, 5.41) is 7.26. The van der Waals surface area contributed by atoms with Crippen molar-refractivity contribution in [1.29, 1.82) is 0 Å². The molecule has 2 fully saturated rings. The summed E-state index contributed by atoms with van der Waals surface area (Å²) >= 11 is 1.43. The van der Waals surface area contributed by atoms with Crippen LogP contribution in [0.25, 0.3) is 11.4 Å². The number of fused-ring (bicyclic) bond motifs is 3. The van der Waals surface area contributed by atoms with E-state index in [4.69, 9.17) is 5.73 Å². The van der Waals surface area contributed by atoms with Gasteiger partial charge in [-0.25, -0.2) is 15.0 Å². The number of hydrogen-bond acceptors (Lipinski definition) is 9. The number of nitrogens with two attached hydrogens (primary N) is 1. The number of likely N-dealkylation sites (tertiary alicyclic amines) is 2. The average Bonchev–Trinajstić information content (AvgIpc) is 3.54. The zero-order valence-corrected chi connectivity index (χ0v) is 24.5. The summed E-state index contributed by atoms with van der Waals surface area (Å²) < 4.78 is 1.73. The minimum Gasteiger partial charge on any atom is -0.368 e. The fraction of sp³-hybridized carbons (Fsp3) is 0.586. The van der Waals surface area contributed by atoms with Crippen LogP contribution in [0, 0.1) is 0 Å². The molecule has 0 bridgehead atoms. The summed E-state index contributed by atoms with van der Waals surface area (Å²) in [6.45, 7) is 8.27. The number of carbonyl (C=O) groups excluding carboxylic acids is 2. The number of rotatable bonds is 6. The van der Waals surface area contributed by atoms with Gasteiger partial charge < -0.3 is 15.5 Å². The van der Waals surface area contributed by atoms with Crippen molar-refractivity contribution < 1.29 is 9.59 Å². The van der Waals surface area contributed by atoms with E-state index in [0.717, 1.165) is 54.1 Å². The smallest absolute Gasteiger partial charge is 0.228 e. The van der Waals surface area contributed by atoms with Gasteiger partial charge in [-0.05, 0) is 56.2 Å². The average molecular weight is 563 g/mol. The number of amides is 1. The van der Waals surface area contributed by atoms with Crippen molar-refractivity contribution >= 4 is 29.0 Å². The van der Waals surface area contributed by atoms with Gasteiger partial charge in [0, 0.05) is 43.3 Å². The number of hydrogen-bond donors (Lipinski definition) is 1. The maximum absolute atomic E-state index is 13.6. The molecule has 10 nitrogen and oxygen atoms in total. The summed E-state index contributed by atoms with van der Waals surface area (Å²) in [6.07, 6.45) is 8.94. The molecule has 0 radical (unpaired) electrons. The molecule has 2 N–H and O–H groups in total. The van der Waals surface area contributed by atoms with E-state index >= 15 is 0 Å². The highest BCUT2D eigenvalue weighted by molar-refractivity contribution is 7.09. The fourth-order valence-corrected chi connectivity index (χ4v) is 7.51. The van der Waals surface area contributed by atoms with E-state index in [2.05, 4.69) is 38.8 Å². The van der Waals surface area contributed by atoms with Crippen molar-refractivity contribution in [1.82, 2.24) is 34.5 Å². The Morgan fingerprint density at radius 3 is 2.58 bits per heavy atom. The summed E-state index contributed by atoms with van der Waals surface area (Å²) in [5.74, 6) is 0.248. The van der Waals surface area contributed by atoms with Crippen molar-refractivity contribution in [3.63, 3.8) is 0 Å². The monoisotopic (exact) mass is 562 g/mol. The predicted molar refractivity (Wildman–Crippen MR) is 154 cm³/mol. The van der Waals surface area contributed by atoms with Crippen LogP contribution in [0.15, 0.2) is 11.6 Å². The predicted octanol–water partition coefficient (Wildman–Crippen LogP) is 3.19. The third-order valence-electron chi connectivity index (χ3n) is 8.70. The maximum Gasteiger partial charge on any atom is 0.228 e. The molecule has 40 heavy (non-hydrogen) atoms. The van der Waals surface area contributed by atoms with Crippen molar-refractivity contribution in [3.8, 4) is 11.4 Å². The van der Waals surface area contributed by atoms with Crippen molar-refractivity contribution in [2.45, 2.75) is 76.7 Å². The van der Waals surface area contributed by atoms with Gasteiger partial charge in [-0.1, -0.05) is 20.3 Å². The first-order valence-corrected chi connectivity index (χ1v) is 15.2. The summed E-state index contributed by atoms with van der Waals surface area (Å²) in [4.78, 5) is 44.5. The second-order valence-electron chi connectivity index (χ2n) is 12.1. The fourth-order valence-electron chi connectivity index (χ4n) is 6.71. The molecule has 11 heteroatoms. The molecule has 3 aromatic rings. The number of piperidine rings is 2. The van der Waals surface area contributed by atoms with Gasteiger partial charge in [0.15, 0.2) is 5.78 Å². The van der Waals surface area contributed by atoms with E-state index < -0.39 is 0 Å². The molecule has 0 unspecified atom stereocenters. The second-order valence-corrected chi connectivity index (χ2v) is 13.0. The maximum atomic E-state index is 13.6. The topological polar surface area (TPSA) is 123 Å². The van der Waals surface area contributed by atoms with Crippen LogP contribution < -0.4 is 5.73 Å². The van der Waals surface area contributed by atoms with Gasteiger partial charge in [0.05, 0.1) is 29.9 Å². The van der Waals surface area contributed by atoms with Gasteiger partial charge in [-0.3, -0.25) is 14.3 Å². The van der Waals surface area contributed by atoms with Crippen molar-refractivity contribution in [2.24, 2.45) is 7.05 Å².